The lowest BCUT2D eigenvalue weighted by Gasteiger charge is -2.37. The van der Waals surface area contributed by atoms with E-state index in [1.54, 1.807) is 18.3 Å². The van der Waals surface area contributed by atoms with Crippen molar-refractivity contribution in [2.75, 3.05) is 24.3 Å². The van der Waals surface area contributed by atoms with E-state index in [4.69, 9.17) is 5.84 Å². The van der Waals surface area contributed by atoms with Gasteiger partial charge in [0.15, 0.2) is 0 Å². The maximum absolute atomic E-state index is 12.3. The second-order valence-corrected chi connectivity index (χ2v) is 6.71. The molecule has 98 valence electrons. The smallest absolute Gasteiger partial charge is 0.272 e. The first-order valence-corrected chi connectivity index (χ1v) is 6.86. The fourth-order valence-corrected chi connectivity index (χ4v) is 3.10. The number of thioether (sulfide) groups is 1. The number of nitrogens with two attached hydrogens (primary N) is 1. The standard InChI is InChI=1S/C12H18N4OS/c1-12(2)8-16(5-6-18-12)11(17)10-7-9(15-13)3-4-14-10/h3-4,7H,5-6,8,13H2,1-2H3,(H,14,15). The first kappa shape index (κ1) is 13.2. The van der Waals surface area contributed by atoms with E-state index in [1.165, 1.54) is 0 Å². The topological polar surface area (TPSA) is 71.2 Å². The second kappa shape index (κ2) is 5.16. The highest BCUT2D eigenvalue weighted by atomic mass is 32.2. The van der Waals surface area contributed by atoms with Crippen LogP contribution in [0.2, 0.25) is 0 Å². The third-order valence-corrected chi connectivity index (χ3v) is 4.16. The average molecular weight is 266 g/mol. The largest absolute Gasteiger partial charge is 0.335 e. The molecule has 0 radical (unpaired) electrons. The Hall–Kier alpha value is -1.27. The molecule has 6 heteroatoms. The predicted molar refractivity (Wildman–Crippen MR) is 74.5 cm³/mol. The zero-order chi connectivity index (χ0) is 13.2. The molecule has 0 saturated carbocycles. The number of nitrogen functional groups attached to an aromatic ring is 1. The molecule has 0 atom stereocenters. The van der Waals surface area contributed by atoms with Crippen LogP contribution in [0.25, 0.3) is 0 Å². The van der Waals surface area contributed by atoms with Crippen LogP contribution in [-0.2, 0) is 0 Å². The van der Waals surface area contributed by atoms with Gasteiger partial charge in [-0.1, -0.05) is 0 Å². The van der Waals surface area contributed by atoms with Crippen molar-refractivity contribution in [3.8, 4) is 0 Å². The number of rotatable bonds is 2. The van der Waals surface area contributed by atoms with E-state index in [-0.39, 0.29) is 10.7 Å². The molecule has 0 unspecified atom stereocenters. The van der Waals surface area contributed by atoms with Gasteiger partial charge in [0, 0.05) is 29.8 Å². The fourth-order valence-electron chi connectivity index (χ4n) is 1.99. The number of hydrogen-bond donors (Lipinski definition) is 2. The van der Waals surface area contributed by atoms with Crippen LogP contribution in [0.15, 0.2) is 18.3 Å². The molecule has 5 nitrogen and oxygen atoms in total. The summed E-state index contributed by atoms with van der Waals surface area (Å²) in [6.45, 7) is 5.83. The minimum absolute atomic E-state index is 0.0273. The summed E-state index contributed by atoms with van der Waals surface area (Å²) in [5.74, 6) is 6.27. The molecule has 0 bridgehead atoms. The lowest BCUT2D eigenvalue weighted by Crippen LogP contribution is -2.46. The summed E-state index contributed by atoms with van der Waals surface area (Å²) in [6, 6.07) is 3.41. The predicted octanol–water partition coefficient (Wildman–Crippen LogP) is 1.33. The Balaban J connectivity index is 2.15. The zero-order valence-corrected chi connectivity index (χ0v) is 11.5. The van der Waals surface area contributed by atoms with Crippen LogP contribution in [0.4, 0.5) is 5.69 Å². The highest BCUT2D eigenvalue weighted by Crippen LogP contribution is 2.30. The first-order valence-electron chi connectivity index (χ1n) is 5.88. The van der Waals surface area contributed by atoms with Crippen molar-refractivity contribution in [3.05, 3.63) is 24.0 Å². The molecule has 1 aromatic heterocycles. The number of carbonyl (C=O) groups is 1. The van der Waals surface area contributed by atoms with Gasteiger partial charge in [0.05, 0.1) is 5.69 Å². The van der Waals surface area contributed by atoms with Crippen molar-refractivity contribution in [2.24, 2.45) is 5.84 Å². The van der Waals surface area contributed by atoms with Gasteiger partial charge in [-0.3, -0.25) is 15.6 Å². The van der Waals surface area contributed by atoms with Gasteiger partial charge in [0.1, 0.15) is 5.69 Å². The molecule has 3 N–H and O–H groups in total. The molecule has 1 fully saturated rings. The van der Waals surface area contributed by atoms with Crippen LogP contribution >= 0.6 is 11.8 Å². The van der Waals surface area contributed by atoms with Crippen molar-refractivity contribution in [1.82, 2.24) is 9.88 Å². The summed E-state index contributed by atoms with van der Waals surface area (Å²) in [7, 11) is 0. The van der Waals surface area contributed by atoms with Crippen molar-refractivity contribution >= 4 is 23.4 Å². The maximum Gasteiger partial charge on any atom is 0.272 e. The molecule has 2 rings (SSSR count). The van der Waals surface area contributed by atoms with Crippen molar-refractivity contribution in [3.63, 3.8) is 0 Å². The Morgan fingerprint density at radius 1 is 1.61 bits per heavy atom. The normalized spacial score (nSPS) is 18.5. The molecular weight excluding hydrogens is 248 g/mol. The summed E-state index contributed by atoms with van der Waals surface area (Å²) in [4.78, 5) is 18.3. The van der Waals surface area contributed by atoms with E-state index in [1.807, 2.05) is 16.7 Å². The second-order valence-electron chi connectivity index (χ2n) is 4.91. The highest BCUT2D eigenvalue weighted by Gasteiger charge is 2.30. The SMILES string of the molecule is CC1(C)CN(C(=O)c2cc(NN)ccn2)CCS1. The monoisotopic (exact) mass is 266 g/mol. The third kappa shape index (κ3) is 2.94. The number of aromatic nitrogens is 1. The molecule has 1 aliphatic heterocycles. The summed E-state index contributed by atoms with van der Waals surface area (Å²) < 4.78 is 0.109. The van der Waals surface area contributed by atoms with E-state index < -0.39 is 0 Å². The molecule has 0 aromatic carbocycles. The van der Waals surface area contributed by atoms with Crippen molar-refractivity contribution < 1.29 is 4.79 Å². The zero-order valence-electron chi connectivity index (χ0n) is 10.6. The van der Waals surface area contributed by atoms with Crippen molar-refractivity contribution in [1.29, 1.82) is 0 Å². The van der Waals surface area contributed by atoms with Crippen LogP contribution in [0, 0.1) is 0 Å². The highest BCUT2D eigenvalue weighted by molar-refractivity contribution is 8.00. The molecule has 1 aliphatic rings. The fraction of sp³-hybridized carbons (Fsp3) is 0.500. The van der Waals surface area contributed by atoms with Gasteiger partial charge in [0.2, 0.25) is 0 Å². The number of amides is 1. The van der Waals surface area contributed by atoms with Gasteiger partial charge < -0.3 is 10.3 Å². The molecule has 0 spiro atoms. The summed E-state index contributed by atoms with van der Waals surface area (Å²) in [5.41, 5.74) is 3.66. The Morgan fingerprint density at radius 2 is 2.39 bits per heavy atom. The van der Waals surface area contributed by atoms with E-state index in [0.717, 1.165) is 18.8 Å². The summed E-state index contributed by atoms with van der Waals surface area (Å²) >= 11 is 1.90. The number of carbonyl (C=O) groups excluding carboxylic acids is 1. The summed E-state index contributed by atoms with van der Waals surface area (Å²) in [5, 5.41) is 0. The average Bonchev–Trinajstić information content (AvgIpc) is 2.37. The third-order valence-electron chi connectivity index (χ3n) is 2.86. The molecule has 1 saturated heterocycles. The number of pyridine rings is 1. The van der Waals surface area contributed by atoms with Crippen LogP contribution in [0.3, 0.4) is 0 Å². The minimum Gasteiger partial charge on any atom is -0.335 e. The number of hydrogen-bond acceptors (Lipinski definition) is 5. The van der Waals surface area contributed by atoms with E-state index in [2.05, 4.69) is 24.3 Å². The molecular formula is C12H18N4OS. The van der Waals surface area contributed by atoms with Crippen LogP contribution in [0.1, 0.15) is 24.3 Å². The van der Waals surface area contributed by atoms with Crippen molar-refractivity contribution in [2.45, 2.75) is 18.6 Å². The quantitative estimate of drug-likeness (QED) is 0.624. The lowest BCUT2D eigenvalue weighted by molar-refractivity contribution is 0.0742. The summed E-state index contributed by atoms with van der Waals surface area (Å²) in [6.07, 6.45) is 1.59. The number of nitrogens with one attached hydrogen (secondary N) is 1. The van der Waals surface area contributed by atoms with E-state index in [0.29, 0.717) is 11.4 Å². The molecule has 2 heterocycles. The first-order chi connectivity index (χ1) is 8.52. The minimum atomic E-state index is -0.0273. The van der Waals surface area contributed by atoms with Gasteiger partial charge in [-0.2, -0.15) is 11.8 Å². The lowest BCUT2D eigenvalue weighted by atomic mass is 10.1. The number of nitrogens with zero attached hydrogens (tertiary/aromatic N) is 2. The van der Waals surface area contributed by atoms with Gasteiger partial charge in [-0.05, 0) is 26.0 Å². The van der Waals surface area contributed by atoms with E-state index in [9.17, 15) is 4.79 Å². The maximum atomic E-state index is 12.3. The number of anilines is 1. The Morgan fingerprint density at radius 3 is 3.06 bits per heavy atom. The van der Waals surface area contributed by atoms with Crippen LogP contribution < -0.4 is 11.3 Å². The number of hydrazine groups is 1. The van der Waals surface area contributed by atoms with Crippen LogP contribution in [-0.4, -0.2) is 39.4 Å². The Kier molecular flexibility index (Phi) is 3.77. The molecule has 0 aliphatic carbocycles. The van der Waals surface area contributed by atoms with Gasteiger partial charge in [-0.25, -0.2) is 0 Å². The van der Waals surface area contributed by atoms with Crippen LogP contribution in [0.5, 0.6) is 0 Å². The molecule has 18 heavy (non-hydrogen) atoms. The Bertz CT molecular complexity index is 449. The molecule has 1 amide bonds. The molecule has 1 aromatic rings. The van der Waals surface area contributed by atoms with Gasteiger partial charge in [0.25, 0.3) is 5.91 Å². The van der Waals surface area contributed by atoms with Gasteiger partial charge in [-0.15, -0.1) is 0 Å². The van der Waals surface area contributed by atoms with E-state index >= 15 is 0 Å². The Labute approximate surface area is 111 Å². The van der Waals surface area contributed by atoms with Gasteiger partial charge >= 0.3 is 0 Å².